The number of carbonyl (C=O) groups excluding carboxylic acids is 1. The Bertz CT molecular complexity index is 694. The Morgan fingerprint density at radius 3 is 2.68 bits per heavy atom. The van der Waals surface area contributed by atoms with Gasteiger partial charge in [-0.2, -0.15) is 0 Å². The van der Waals surface area contributed by atoms with E-state index in [9.17, 15) is 13.2 Å². The van der Waals surface area contributed by atoms with Crippen LogP contribution in [0.25, 0.3) is 0 Å². The molecule has 0 unspecified atom stereocenters. The molecule has 19 heavy (non-hydrogen) atoms. The number of aryl methyl sites for hydroxylation is 1. The first-order valence-corrected chi connectivity index (χ1v) is 7.65. The second kappa shape index (κ2) is 4.20. The van der Waals surface area contributed by atoms with Crippen LogP contribution in [0.1, 0.15) is 19.8 Å². The Morgan fingerprint density at radius 2 is 2.00 bits per heavy atom. The maximum atomic E-state index is 12.6. The van der Waals surface area contributed by atoms with Gasteiger partial charge >= 0.3 is 0 Å². The van der Waals surface area contributed by atoms with Crippen LogP contribution in [0.5, 0.6) is 0 Å². The van der Waals surface area contributed by atoms with E-state index in [2.05, 4.69) is 0 Å². The van der Waals surface area contributed by atoms with Gasteiger partial charge in [0.05, 0.1) is 12.3 Å². The van der Waals surface area contributed by atoms with Crippen LogP contribution in [0.4, 0.5) is 0 Å². The molecule has 2 atom stereocenters. The number of sulfonamides is 1. The first-order chi connectivity index (χ1) is 9.39. The van der Waals surface area contributed by atoms with E-state index in [0.717, 1.165) is 9.87 Å². The van der Waals surface area contributed by atoms with Crippen molar-refractivity contribution in [3.63, 3.8) is 0 Å². The highest BCUT2D eigenvalue weighted by Gasteiger charge is 2.46. The third-order valence-electron chi connectivity index (χ3n) is 3.68. The molecule has 1 heterocycles. The predicted molar refractivity (Wildman–Crippen MR) is 70.9 cm³/mol. The fourth-order valence-corrected chi connectivity index (χ4v) is 4.25. The molecule has 1 aromatic carbocycles. The van der Waals surface area contributed by atoms with Crippen LogP contribution in [0.2, 0.25) is 0 Å². The standard InChI is InChI=1S/C14H15NO3S/c1-10-5-7-12(8-6-10)19(17,18)15-13-4-2-3-11(13)9-14(15)16/h2,4-8,11,13H,3,9H2,1H3/t11-,13-/m1/s1/i2D. The van der Waals surface area contributed by atoms with Crippen molar-refractivity contribution >= 4 is 15.9 Å². The summed E-state index contributed by atoms with van der Waals surface area (Å²) in [6, 6.07) is 6.39. The van der Waals surface area contributed by atoms with E-state index in [1.54, 1.807) is 18.2 Å². The summed E-state index contributed by atoms with van der Waals surface area (Å²) < 4.78 is 33.9. The number of carbonyl (C=O) groups is 1. The molecule has 0 aromatic heterocycles. The summed E-state index contributed by atoms with van der Waals surface area (Å²) in [4.78, 5) is 12.2. The van der Waals surface area contributed by atoms with Crippen molar-refractivity contribution in [3.05, 3.63) is 42.0 Å². The predicted octanol–water partition coefficient (Wildman–Crippen LogP) is 1.86. The summed E-state index contributed by atoms with van der Waals surface area (Å²) in [5.74, 6) is -0.445. The Morgan fingerprint density at radius 1 is 1.32 bits per heavy atom. The number of hydrogen-bond donors (Lipinski definition) is 0. The summed E-state index contributed by atoms with van der Waals surface area (Å²) in [6.45, 7) is 1.87. The maximum absolute atomic E-state index is 12.6. The van der Waals surface area contributed by atoms with Crippen LogP contribution < -0.4 is 0 Å². The minimum absolute atomic E-state index is 0.0739. The Hall–Kier alpha value is -1.62. The SMILES string of the molecule is [2H]C1=C[C@@H]2[C@@H](CC(=O)N2S(=O)(=O)c2ccc(C)cc2)C1. The molecule has 3 rings (SSSR count). The van der Waals surface area contributed by atoms with Crippen molar-refractivity contribution in [1.82, 2.24) is 4.31 Å². The number of nitrogens with zero attached hydrogens (tertiary/aromatic N) is 1. The summed E-state index contributed by atoms with van der Waals surface area (Å²) in [6.07, 6.45) is 2.27. The molecule has 1 aromatic rings. The van der Waals surface area contributed by atoms with Gasteiger partial charge in [-0.3, -0.25) is 4.79 Å². The lowest BCUT2D eigenvalue weighted by atomic mass is 10.0. The fraction of sp³-hybridized carbons (Fsp3) is 0.357. The molecule has 5 heteroatoms. The van der Waals surface area contributed by atoms with E-state index < -0.39 is 16.1 Å². The highest BCUT2D eigenvalue weighted by molar-refractivity contribution is 7.89. The lowest BCUT2D eigenvalue weighted by molar-refractivity contribution is -0.124. The van der Waals surface area contributed by atoms with Gasteiger partial charge < -0.3 is 0 Å². The highest BCUT2D eigenvalue weighted by atomic mass is 32.2. The molecule has 0 bridgehead atoms. The van der Waals surface area contributed by atoms with E-state index in [0.29, 0.717) is 12.5 Å². The average molecular weight is 278 g/mol. The lowest BCUT2D eigenvalue weighted by Gasteiger charge is -2.22. The van der Waals surface area contributed by atoms with Crippen LogP contribution in [-0.2, 0) is 14.8 Å². The molecule has 1 aliphatic heterocycles. The number of rotatable bonds is 2. The quantitative estimate of drug-likeness (QED) is 0.776. The van der Waals surface area contributed by atoms with Crippen LogP contribution in [0, 0.1) is 12.8 Å². The van der Waals surface area contributed by atoms with Gasteiger partial charge in [-0.15, -0.1) is 0 Å². The second-order valence-electron chi connectivity index (χ2n) is 5.04. The number of benzene rings is 1. The molecule has 4 nitrogen and oxygen atoms in total. The Balaban J connectivity index is 2.02. The van der Waals surface area contributed by atoms with E-state index in [1.165, 1.54) is 12.1 Å². The molecular weight excluding hydrogens is 262 g/mol. The largest absolute Gasteiger partial charge is 0.274 e. The van der Waals surface area contributed by atoms with Crippen molar-refractivity contribution in [2.45, 2.75) is 30.7 Å². The topological polar surface area (TPSA) is 54.5 Å². The summed E-state index contributed by atoms with van der Waals surface area (Å²) in [7, 11) is -3.83. The number of allylic oxidation sites excluding steroid dienone is 1. The second-order valence-corrected chi connectivity index (χ2v) is 6.85. The van der Waals surface area contributed by atoms with Gasteiger partial charge in [-0.05, 0) is 31.4 Å². The third kappa shape index (κ3) is 1.89. The van der Waals surface area contributed by atoms with Crippen LogP contribution >= 0.6 is 0 Å². The molecule has 0 N–H and O–H groups in total. The number of fused-ring (bicyclic) bond motifs is 1. The average Bonchev–Trinajstić information content (AvgIpc) is 2.83. The first-order valence-electron chi connectivity index (χ1n) is 6.71. The third-order valence-corrected chi connectivity index (χ3v) is 5.52. The molecular formula is C14H15NO3S. The van der Waals surface area contributed by atoms with Crippen molar-refractivity contribution in [1.29, 1.82) is 0 Å². The molecule has 1 saturated heterocycles. The monoisotopic (exact) mass is 278 g/mol. The Labute approximate surface area is 114 Å². The van der Waals surface area contributed by atoms with Gasteiger partial charge in [-0.1, -0.05) is 29.8 Å². The summed E-state index contributed by atoms with van der Waals surface area (Å²) >= 11 is 0. The summed E-state index contributed by atoms with van der Waals surface area (Å²) in [5.41, 5.74) is 0.962. The molecule has 100 valence electrons. The minimum atomic E-state index is -3.83. The van der Waals surface area contributed by atoms with Gasteiger partial charge in [-0.25, -0.2) is 12.7 Å². The zero-order valence-electron chi connectivity index (χ0n) is 11.5. The van der Waals surface area contributed by atoms with Crippen LogP contribution in [0.3, 0.4) is 0 Å². The molecule has 2 aliphatic rings. The molecule has 1 fully saturated rings. The molecule has 0 spiro atoms. The van der Waals surface area contributed by atoms with Crippen molar-refractivity contribution in [2.75, 3.05) is 0 Å². The Kier molecular flexibility index (Phi) is 2.48. The first kappa shape index (κ1) is 11.2. The van der Waals surface area contributed by atoms with E-state index in [-0.39, 0.29) is 23.1 Å². The smallest absolute Gasteiger partial charge is 0.267 e. The fourth-order valence-electron chi connectivity index (χ4n) is 2.65. The minimum Gasteiger partial charge on any atom is -0.274 e. The van der Waals surface area contributed by atoms with Gasteiger partial charge in [0.25, 0.3) is 10.0 Å². The van der Waals surface area contributed by atoms with Gasteiger partial charge in [0.15, 0.2) is 0 Å². The zero-order chi connectivity index (χ0) is 14.5. The molecule has 1 amide bonds. The maximum Gasteiger partial charge on any atom is 0.267 e. The summed E-state index contributed by atoms with van der Waals surface area (Å²) in [5, 5.41) is 0. The van der Waals surface area contributed by atoms with Gasteiger partial charge in [0, 0.05) is 6.42 Å². The number of amides is 1. The molecule has 0 radical (unpaired) electrons. The van der Waals surface area contributed by atoms with Crippen molar-refractivity contribution in [2.24, 2.45) is 5.92 Å². The van der Waals surface area contributed by atoms with E-state index >= 15 is 0 Å². The lowest BCUT2D eigenvalue weighted by Crippen LogP contribution is -2.38. The normalized spacial score (nSPS) is 27.2. The van der Waals surface area contributed by atoms with Crippen LogP contribution in [-0.4, -0.2) is 24.7 Å². The van der Waals surface area contributed by atoms with Crippen molar-refractivity contribution in [3.8, 4) is 0 Å². The zero-order valence-corrected chi connectivity index (χ0v) is 11.4. The highest BCUT2D eigenvalue weighted by Crippen LogP contribution is 2.37. The van der Waals surface area contributed by atoms with E-state index in [4.69, 9.17) is 1.37 Å². The van der Waals surface area contributed by atoms with Gasteiger partial charge in [0.2, 0.25) is 5.91 Å². The van der Waals surface area contributed by atoms with Gasteiger partial charge in [0.1, 0.15) is 0 Å². The van der Waals surface area contributed by atoms with E-state index in [1.807, 2.05) is 6.92 Å². The number of hydrogen-bond acceptors (Lipinski definition) is 3. The van der Waals surface area contributed by atoms with Crippen LogP contribution in [0.15, 0.2) is 41.3 Å². The van der Waals surface area contributed by atoms with Crippen molar-refractivity contribution < 1.29 is 14.6 Å². The molecule has 0 saturated carbocycles. The molecule has 1 aliphatic carbocycles.